The van der Waals surface area contributed by atoms with Crippen LogP contribution < -0.4 is 5.32 Å². The summed E-state index contributed by atoms with van der Waals surface area (Å²) in [5, 5.41) is 7.09. The second-order valence-corrected chi connectivity index (χ2v) is 8.32. The largest absolute Gasteiger partial charge is 0.310 e. The number of thiazole rings is 1. The molecule has 1 aromatic heterocycles. The molecule has 0 aromatic carbocycles. The zero-order valence-corrected chi connectivity index (χ0v) is 13.9. The molecule has 108 valence electrons. The topological polar surface area (TPSA) is 28.2 Å². The zero-order valence-electron chi connectivity index (χ0n) is 13.1. The van der Waals surface area contributed by atoms with Crippen molar-refractivity contribution in [3.05, 3.63) is 16.1 Å². The van der Waals surface area contributed by atoms with Gasteiger partial charge in [0.1, 0.15) is 5.01 Å². The molecule has 0 amide bonds. The average molecular weight is 281 g/mol. The van der Waals surface area contributed by atoms with Gasteiger partial charge in [0.2, 0.25) is 0 Å². The van der Waals surface area contributed by atoms with E-state index in [1.165, 1.54) is 5.01 Å². The monoisotopic (exact) mass is 281 g/mol. The Kier molecular flexibility index (Phi) is 4.05. The quantitative estimate of drug-likeness (QED) is 0.903. The average Bonchev–Trinajstić information content (AvgIpc) is 2.65. The van der Waals surface area contributed by atoms with E-state index in [4.69, 9.17) is 0 Å². The third-order valence-corrected chi connectivity index (χ3v) is 5.03. The van der Waals surface area contributed by atoms with Crippen molar-refractivity contribution in [3.8, 4) is 0 Å². The summed E-state index contributed by atoms with van der Waals surface area (Å²) in [7, 11) is 0. The normalized spacial score (nSPS) is 24.6. The first-order valence-corrected chi connectivity index (χ1v) is 7.96. The lowest BCUT2D eigenvalue weighted by molar-refractivity contribution is 0.0295. The van der Waals surface area contributed by atoms with Crippen molar-refractivity contribution in [1.82, 2.24) is 15.2 Å². The molecule has 0 spiro atoms. The van der Waals surface area contributed by atoms with E-state index in [2.05, 4.69) is 62.1 Å². The van der Waals surface area contributed by atoms with Gasteiger partial charge in [-0.05, 0) is 26.2 Å². The minimum Gasteiger partial charge on any atom is -0.310 e. The molecule has 0 saturated carbocycles. The second kappa shape index (κ2) is 5.15. The highest BCUT2D eigenvalue weighted by Crippen LogP contribution is 2.29. The third kappa shape index (κ3) is 3.56. The van der Waals surface area contributed by atoms with E-state index in [0.717, 1.165) is 25.3 Å². The molecule has 1 aromatic rings. The van der Waals surface area contributed by atoms with Crippen molar-refractivity contribution in [3.63, 3.8) is 0 Å². The van der Waals surface area contributed by atoms with E-state index < -0.39 is 0 Å². The molecule has 19 heavy (non-hydrogen) atoms. The van der Waals surface area contributed by atoms with Gasteiger partial charge in [-0.25, -0.2) is 4.98 Å². The van der Waals surface area contributed by atoms with Gasteiger partial charge in [0.25, 0.3) is 0 Å². The molecule has 0 bridgehead atoms. The summed E-state index contributed by atoms with van der Waals surface area (Å²) < 4.78 is 0. The minimum absolute atomic E-state index is 0.196. The summed E-state index contributed by atoms with van der Waals surface area (Å²) in [6, 6.07) is 0.543. The lowest BCUT2D eigenvalue weighted by Gasteiger charge is -2.49. The Balaban J connectivity index is 2.11. The van der Waals surface area contributed by atoms with Crippen LogP contribution in [0.25, 0.3) is 0 Å². The Morgan fingerprint density at radius 1 is 1.47 bits per heavy atom. The van der Waals surface area contributed by atoms with Crippen LogP contribution in [0.15, 0.2) is 5.38 Å². The fourth-order valence-corrected chi connectivity index (χ4v) is 3.30. The van der Waals surface area contributed by atoms with E-state index in [-0.39, 0.29) is 5.54 Å². The molecule has 1 saturated heterocycles. The van der Waals surface area contributed by atoms with Crippen LogP contribution in [-0.4, -0.2) is 34.6 Å². The number of nitrogens with zero attached hydrogens (tertiary/aromatic N) is 2. The summed E-state index contributed by atoms with van der Waals surface area (Å²) in [4.78, 5) is 7.20. The van der Waals surface area contributed by atoms with E-state index in [1.807, 2.05) is 0 Å². The molecule has 1 aliphatic heterocycles. The Labute approximate surface area is 121 Å². The lowest BCUT2D eigenvalue weighted by Crippen LogP contribution is -2.64. The van der Waals surface area contributed by atoms with Gasteiger partial charge in [0.15, 0.2) is 0 Å². The van der Waals surface area contributed by atoms with Crippen LogP contribution in [0, 0.1) is 12.3 Å². The van der Waals surface area contributed by atoms with Crippen molar-refractivity contribution in [2.24, 2.45) is 5.41 Å². The SMILES string of the molecule is Cc1csc(CN2CC(C(C)(C)C)NCC2(C)C)n1. The van der Waals surface area contributed by atoms with Gasteiger partial charge >= 0.3 is 0 Å². The van der Waals surface area contributed by atoms with Crippen LogP contribution in [-0.2, 0) is 6.54 Å². The van der Waals surface area contributed by atoms with E-state index in [0.29, 0.717) is 11.5 Å². The Bertz CT molecular complexity index is 431. The molecule has 1 aliphatic rings. The first-order valence-electron chi connectivity index (χ1n) is 7.08. The molecule has 1 fully saturated rings. The molecular formula is C15H27N3S. The molecule has 1 atom stereocenters. The maximum absolute atomic E-state index is 4.61. The van der Waals surface area contributed by atoms with Gasteiger partial charge in [-0.1, -0.05) is 20.8 Å². The highest BCUT2D eigenvalue weighted by Gasteiger charge is 2.38. The third-order valence-electron chi connectivity index (χ3n) is 4.08. The number of hydrogen-bond acceptors (Lipinski definition) is 4. The molecule has 4 heteroatoms. The van der Waals surface area contributed by atoms with E-state index in [9.17, 15) is 0 Å². The number of hydrogen-bond donors (Lipinski definition) is 1. The fraction of sp³-hybridized carbons (Fsp3) is 0.800. The summed E-state index contributed by atoms with van der Waals surface area (Å²) in [5.74, 6) is 0. The van der Waals surface area contributed by atoms with Gasteiger partial charge < -0.3 is 5.32 Å². The Morgan fingerprint density at radius 2 is 2.16 bits per heavy atom. The predicted molar refractivity (Wildman–Crippen MR) is 82.6 cm³/mol. The molecule has 2 heterocycles. The van der Waals surface area contributed by atoms with Crippen molar-refractivity contribution >= 4 is 11.3 Å². The number of aryl methyl sites for hydroxylation is 1. The molecule has 0 aliphatic carbocycles. The van der Waals surface area contributed by atoms with Crippen molar-refractivity contribution in [1.29, 1.82) is 0 Å². The molecular weight excluding hydrogens is 254 g/mol. The summed E-state index contributed by atoms with van der Waals surface area (Å²) in [6.07, 6.45) is 0. The van der Waals surface area contributed by atoms with Crippen LogP contribution in [0.3, 0.4) is 0 Å². The maximum Gasteiger partial charge on any atom is 0.107 e. The van der Waals surface area contributed by atoms with E-state index in [1.54, 1.807) is 11.3 Å². The van der Waals surface area contributed by atoms with Gasteiger partial charge in [-0.2, -0.15) is 0 Å². The first-order chi connectivity index (χ1) is 8.68. The predicted octanol–water partition coefficient (Wildman–Crippen LogP) is 3.05. The van der Waals surface area contributed by atoms with Crippen LogP contribution in [0.5, 0.6) is 0 Å². The van der Waals surface area contributed by atoms with Crippen LogP contribution in [0.4, 0.5) is 0 Å². The maximum atomic E-state index is 4.61. The van der Waals surface area contributed by atoms with Gasteiger partial charge in [-0.3, -0.25) is 4.90 Å². The fourth-order valence-electron chi connectivity index (χ4n) is 2.51. The van der Waals surface area contributed by atoms with Gasteiger partial charge in [-0.15, -0.1) is 11.3 Å². The molecule has 1 N–H and O–H groups in total. The second-order valence-electron chi connectivity index (χ2n) is 7.38. The number of aromatic nitrogens is 1. The van der Waals surface area contributed by atoms with Crippen molar-refractivity contribution in [2.75, 3.05) is 13.1 Å². The van der Waals surface area contributed by atoms with Crippen LogP contribution >= 0.6 is 11.3 Å². The summed E-state index contributed by atoms with van der Waals surface area (Å²) >= 11 is 1.78. The van der Waals surface area contributed by atoms with Crippen molar-refractivity contribution in [2.45, 2.75) is 59.7 Å². The highest BCUT2D eigenvalue weighted by molar-refractivity contribution is 7.09. The number of nitrogens with one attached hydrogen (secondary N) is 1. The lowest BCUT2D eigenvalue weighted by atomic mass is 9.83. The summed E-state index contributed by atoms with van der Waals surface area (Å²) in [5.41, 5.74) is 1.63. The van der Waals surface area contributed by atoms with Gasteiger partial charge in [0, 0.05) is 35.7 Å². The standard InChI is InChI=1S/C15H27N3S/c1-11-9-19-13(17-11)8-18-7-12(14(2,3)4)16-10-15(18,5)6/h9,12,16H,7-8,10H2,1-6H3. The smallest absolute Gasteiger partial charge is 0.107 e. The first kappa shape index (κ1) is 14.9. The zero-order chi connectivity index (χ0) is 14.3. The van der Waals surface area contributed by atoms with Crippen molar-refractivity contribution < 1.29 is 0 Å². The van der Waals surface area contributed by atoms with E-state index >= 15 is 0 Å². The summed E-state index contributed by atoms with van der Waals surface area (Å²) in [6.45, 7) is 16.8. The number of piperazine rings is 1. The minimum atomic E-state index is 0.196. The Hall–Kier alpha value is -0.450. The molecule has 2 rings (SSSR count). The molecule has 1 unspecified atom stereocenters. The van der Waals surface area contributed by atoms with Crippen LogP contribution in [0.2, 0.25) is 0 Å². The molecule has 3 nitrogen and oxygen atoms in total. The number of rotatable bonds is 2. The highest BCUT2D eigenvalue weighted by atomic mass is 32.1. The van der Waals surface area contributed by atoms with Gasteiger partial charge in [0.05, 0.1) is 6.54 Å². The Morgan fingerprint density at radius 3 is 2.68 bits per heavy atom. The van der Waals surface area contributed by atoms with Crippen LogP contribution in [0.1, 0.15) is 45.3 Å². The molecule has 0 radical (unpaired) electrons.